The zero-order chi connectivity index (χ0) is 12.9. The fourth-order valence-corrected chi connectivity index (χ4v) is 3.19. The van der Waals surface area contributed by atoms with Crippen molar-refractivity contribution in [2.24, 2.45) is 5.73 Å². The molecule has 17 heavy (non-hydrogen) atoms. The van der Waals surface area contributed by atoms with Gasteiger partial charge in [0.05, 0.1) is 0 Å². The van der Waals surface area contributed by atoms with Crippen LogP contribution in [0.2, 0.25) is 0 Å². The first kappa shape index (κ1) is 14.8. The molecule has 0 saturated carbocycles. The average molecular weight is 259 g/mol. The second-order valence-electron chi connectivity index (χ2n) is 5.16. The van der Waals surface area contributed by atoms with Crippen LogP contribution in [0.15, 0.2) is 0 Å². The first-order valence-corrected chi connectivity index (χ1v) is 7.26. The molecule has 0 radical (unpaired) electrons. The fraction of sp³-hybridized carbons (Fsp3) is 0.917. The van der Waals surface area contributed by atoms with Crippen molar-refractivity contribution in [2.45, 2.75) is 37.5 Å². The Labute approximate surface area is 109 Å². The van der Waals surface area contributed by atoms with Crippen molar-refractivity contribution in [3.63, 3.8) is 0 Å². The van der Waals surface area contributed by atoms with Gasteiger partial charge in [0, 0.05) is 43.1 Å². The minimum Gasteiger partial charge on any atom is -0.359 e. The third kappa shape index (κ3) is 4.85. The molecular formula is C12H25N3OS. The summed E-state index contributed by atoms with van der Waals surface area (Å²) < 4.78 is 0.348. The number of rotatable bonds is 4. The van der Waals surface area contributed by atoms with E-state index in [4.69, 9.17) is 5.73 Å². The molecule has 0 aromatic carbocycles. The van der Waals surface area contributed by atoms with Crippen molar-refractivity contribution >= 4 is 17.7 Å². The van der Waals surface area contributed by atoms with Gasteiger partial charge in [-0.2, -0.15) is 11.8 Å². The Kier molecular flexibility index (Phi) is 5.76. The van der Waals surface area contributed by atoms with E-state index in [2.05, 4.69) is 24.1 Å². The van der Waals surface area contributed by atoms with Gasteiger partial charge < -0.3 is 11.1 Å². The lowest BCUT2D eigenvalue weighted by Crippen LogP contribution is -2.44. The molecule has 0 spiro atoms. The van der Waals surface area contributed by atoms with Crippen molar-refractivity contribution in [1.29, 1.82) is 0 Å². The smallest absolute Gasteiger partial charge is 0.221 e. The SMILES string of the molecule is CNC(=O)CC(CN)N1CCSC(C)(C)CC1. The van der Waals surface area contributed by atoms with E-state index in [1.807, 2.05) is 11.8 Å². The molecule has 5 heteroatoms. The van der Waals surface area contributed by atoms with Crippen LogP contribution in [0.5, 0.6) is 0 Å². The largest absolute Gasteiger partial charge is 0.359 e. The highest BCUT2D eigenvalue weighted by Crippen LogP contribution is 2.31. The summed E-state index contributed by atoms with van der Waals surface area (Å²) in [6.07, 6.45) is 1.67. The highest BCUT2D eigenvalue weighted by atomic mass is 32.2. The first-order valence-electron chi connectivity index (χ1n) is 6.27. The minimum absolute atomic E-state index is 0.0802. The zero-order valence-corrected chi connectivity index (χ0v) is 12.0. The predicted molar refractivity (Wildman–Crippen MR) is 74.3 cm³/mol. The number of nitrogens with one attached hydrogen (secondary N) is 1. The van der Waals surface area contributed by atoms with Crippen molar-refractivity contribution in [3.8, 4) is 0 Å². The van der Waals surface area contributed by atoms with E-state index in [0.717, 1.165) is 25.3 Å². The van der Waals surface area contributed by atoms with Crippen LogP contribution < -0.4 is 11.1 Å². The Bertz CT molecular complexity index is 258. The van der Waals surface area contributed by atoms with E-state index >= 15 is 0 Å². The van der Waals surface area contributed by atoms with Gasteiger partial charge in [-0.15, -0.1) is 0 Å². The minimum atomic E-state index is 0.0802. The normalized spacial score (nSPS) is 22.8. The Hall–Kier alpha value is -0.260. The van der Waals surface area contributed by atoms with Crippen molar-refractivity contribution in [1.82, 2.24) is 10.2 Å². The van der Waals surface area contributed by atoms with Crippen LogP contribution in [-0.4, -0.2) is 54.0 Å². The van der Waals surface area contributed by atoms with E-state index in [9.17, 15) is 4.79 Å². The van der Waals surface area contributed by atoms with Crippen LogP contribution in [0.1, 0.15) is 26.7 Å². The van der Waals surface area contributed by atoms with Crippen LogP contribution in [0.25, 0.3) is 0 Å². The summed E-state index contributed by atoms with van der Waals surface area (Å²) >= 11 is 2.01. The Balaban J connectivity index is 2.54. The number of hydrogen-bond acceptors (Lipinski definition) is 4. The lowest BCUT2D eigenvalue weighted by atomic mass is 10.1. The van der Waals surface area contributed by atoms with Gasteiger partial charge in [0.25, 0.3) is 0 Å². The van der Waals surface area contributed by atoms with E-state index in [0.29, 0.717) is 17.7 Å². The summed E-state index contributed by atoms with van der Waals surface area (Å²) in [6.45, 7) is 7.21. The third-order valence-corrected chi connectivity index (χ3v) is 4.73. The number of carbonyl (C=O) groups excluding carboxylic acids is 1. The third-order valence-electron chi connectivity index (χ3n) is 3.36. The molecule has 1 rings (SSSR count). The van der Waals surface area contributed by atoms with Crippen molar-refractivity contribution < 1.29 is 4.79 Å². The molecule has 0 aliphatic carbocycles. The number of hydrogen-bond donors (Lipinski definition) is 2. The maximum atomic E-state index is 11.4. The summed E-state index contributed by atoms with van der Waals surface area (Å²) in [7, 11) is 1.68. The van der Waals surface area contributed by atoms with Gasteiger partial charge in [0.2, 0.25) is 5.91 Å². The second-order valence-corrected chi connectivity index (χ2v) is 6.96. The van der Waals surface area contributed by atoms with Crippen LogP contribution in [0.4, 0.5) is 0 Å². The lowest BCUT2D eigenvalue weighted by Gasteiger charge is -2.29. The molecule has 1 amide bonds. The van der Waals surface area contributed by atoms with Crippen LogP contribution in [0, 0.1) is 0 Å². The molecule has 1 unspecified atom stereocenters. The van der Waals surface area contributed by atoms with Crippen LogP contribution >= 0.6 is 11.8 Å². The molecule has 4 nitrogen and oxygen atoms in total. The van der Waals surface area contributed by atoms with E-state index in [-0.39, 0.29) is 11.9 Å². The molecule has 0 aromatic rings. The van der Waals surface area contributed by atoms with Crippen LogP contribution in [-0.2, 0) is 4.79 Å². The summed E-state index contributed by atoms with van der Waals surface area (Å²) in [4.78, 5) is 13.8. The average Bonchev–Trinajstić information content (AvgIpc) is 2.47. The quantitative estimate of drug-likeness (QED) is 0.779. The molecule has 1 aliphatic heterocycles. The maximum absolute atomic E-state index is 11.4. The van der Waals surface area contributed by atoms with Gasteiger partial charge in [-0.25, -0.2) is 0 Å². The number of nitrogens with two attached hydrogens (primary N) is 1. The molecule has 0 aromatic heterocycles. The second kappa shape index (κ2) is 6.61. The molecular weight excluding hydrogens is 234 g/mol. The Morgan fingerprint density at radius 2 is 2.24 bits per heavy atom. The molecule has 1 fully saturated rings. The number of amides is 1. The highest BCUT2D eigenvalue weighted by molar-refractivity contribution is 8.00. The lowest BCUT2D eigenvalue weighted by molar-refractivity contribution is -0.121. The topological polar surface area (TPSA) is 58.4 Å². The van der Waals surface area contributed by atoms with Crippen LogP contribution in [0.3, 0.4) is 0 Å². The van der Waals surface area contributed by atoms with Crippen molar-refractivity contribution in [2.75, 3.05) is 32.4 Å². The molecule has 1 aliphatic rings. The van der Waals surface area contributed by atoms with Gasteiger partial charge in [0.1, 0.15) is 0 Å². The summed E-state index contributed by atoms with van der Waals surface area (Å²) in [5.41, 5.74) is 5.80. The van der Waals surface area contributed by atoms with E-state index in [1.54, 1.807) is 7.05 Å². The number of thioether (sulfide) groups is 1. The zero-order valence-electron chi connectivity index (χ0n) is 11.2. The first-order chi connectivity index (χ1) is 7.98. The van der Waals surface area contributed by atoms with Gasteiger partial charge in [-0.3, -0.25) is 9.69 Å². The molecule has 100 valence electrons. The summed E-state index contributed by atoms with van der Waals surface area (Å²) in [5, 5.41) is 2.67. The fourth-order valence-electron chi connectivity index (χ4n) is 2.08. The number of carbonyl (C=O) groups is 1. The Morgan fingerprint density at radius 1 is 1.53 bits per heavy atom. The number of nitrogens with zero attached hydrogens (tertiary/aromatic N) is 1. The molecule has 1 atom stereocenters. The standard InChI is InChI=1S/C12H25N3OS/c1-12(2)4-5-15(6-7-17-12)10(9-13)8-11(16)14-3/h10H,4-9,13H2,1-3H3,(H,14,16). The monoisotopic (exact) mass is 259 g/mol. The molecule has 3 N–H and O–H groups in total. The van der Waals surface area contributed by atoms with Gasteiger partial charge in [0.15, 0.2) is 0 Å². The van der Waals surface area contributed by atoms with Crippen molar-refractivity contribution in [3.05, 3.63) is 0 Å². The molecule has 0 bridgehead atoms. The van der Waals surface area contributed by atoms with E-state index < -0.39 is 0 Å². The summed E-state index contributed by atoms with van der Waals surface area (Å²) in [5.74, 6) is 1.20. The van der Waals surface area contributed by atoms with Gasteiger partial charge >= 0.3 is 0 Å². The highest BCUT2D eigenvalue weighted by Gasteiger charge is 2.27. The van der Waals surface area contributed by atoms with E-state index in [1.165, 1.54) is 0 Å². The van der Waals surface area contributed by atoms with Gasteiger partial charge in [-0.1, -0.05) is 13.8 Å². The van der Waals surface area contributed by atoms with Gasteiger partial charge in [-0.05, 0) is 13.0 Å². The molecule has 1 heterocycles. The molecule has 1 saturated heterocycles. The Morgan fingerprint density at radius 3 is 2.82 bits per heavy atom. The maximum Gasteiger partial charge on any atom is 0.221 e. The summed E-state index contributed by atoms with van der Waals surface area (Å²) in [6, 6.07) is 0.185. The predicted octanol–water partition coefficient (Wildman–Crippen LogP) is 0.667.